The highest BCUT2D eigenvalue weighted by Crippen LogP contribution is 2.57. The van der Waals surface area contributed by atoms with Gasteiger partial charge in [-0.3, -0.25) is 0 Å². The smallest absolute Gasteiger partial charge is 0.456 e. The number of carbonyl (C=O) groups excluding carboxylic acids is 2. The summed E-state index contributed by atoms with van der Waals surface area (Å²) in [5.41, 5.74) is 2.27. The van der Waals surface area contributed by atoms with Crippen molar-refractivity contribution < 1.29 is 37.5 Å². The molecule has 0 N–H and O–H groups in total. The minimum atomic E-state index is -1.35. The van der Waals surface area contributed by atoms with Gasteiger partial charge in [0.2, 0.25) is 0 Å². The van der Waals surface area contributed by atoms with Gasteiger partial charge in [0.15, 0.2) is 5.60 Å². The highest BCUT2D eigenvalue weighted by Gasteiger charge is 2.56. The number of halogens is 1. The fourth-order valence-corrected chi connectivity index (χ4v) is 7.28. The molecule has 9 nitrogen and oxygen atoms in total. The lowest BCUT2D eigenvalue weighted by Gasteiger charge is -2.39. The molecule has 4 aromatic rings. The molecule has 8 rings (SSSR count). The van der Waals surface area contributed by atoms with E-state index >= 15 is 4.39 Å². The van der Waals surface area contributed by atoms with Crippen molar-refractivity contribution in [3.63, 3.8) is 0 Å². The summed E-state index contributed by atoms with van der Waals surface area (Å²) in [6.45, 7) is 9.26. The number of anilines is 1. The molecule has 4 aliphatic heterocycles. The van der Waals surface area contributed by atoms with E-state index in [9.17, 15) is 9.59 Å². The van der Waals surface area contributed by atoms with Gasteiger partial charge in [0.05, 0.1) is 16.8 Å². The van der Waals surface area contributed by atoms with Crippen molar-refractivity contribution in [2.24, 2.45) is 0 Å². The maximum Gasteiger partial charge on any atom is 0.495 e. The Morgan fingerprint density at radius 2 is 1.52 bits per heavy atom. The molecule has 11 heteroatoms. The van der Waals surface area contributed by atoms with Crippen LogP contribution in [0.5, 0.6) is 11.5 Å². The molecule has 0 bridgehead atoms. The van der Waals surface area contributed by atoms with Crippen LogP contribution < -0.4 is 15.1 Å². The number of hydrogen-bond donors (Lipinski definition) is 0. The first-order chi connectivity index (χ1) is 24.0. The molecule has 4 aromatic carbocycles. The van der Waals surface area contributed by atoms with Crippen LogP contribution in [0.3, 0.4) is 0 Å². The van der Waals surface area contributed by atoms with Gasteiger partial charge in [-0.15, -0.1) is 0 Å². The average molecular weight is 677 g/mol. The van der Waals surface area contributed by atoms with E-state index in [0.29, 0.717) is 59.6 Å². The maximum absolute atomic E-state index is 15.3. The van der Waals surface area contributed by atoms with Crippen molar-refractivity contribution in [1.82, 2.24) is 4.90 Å². The molecular weight excluding hydrogens is 638 g/mol. The van der Waals surface area contributed by atoms with E-state index in [1.807, 2.05) is 94.4 Å². The van der Waals surface area contributed by atoms with Crippen LogP contribution in [-0.4, -0.2) is 61.5 Å². The highest BCUT2D eigenvalue weighted by molar-refractivity contribution is 6.62. The molecule has 0 aliphatic carbocycles. The Kier molecular flexibility index (Phi) is 7.69. The first-order valence-electron chi connectivity index (χ1n) is 17.0. The number of hydrogen-bond acceptors (Lipinski definition) is 8. The van der Waals surface area contributed by atoms with E-state index in [-0.39, 0.29) is 24.0 Å². The Bertz CT molecular complexity index is 1980. The average Bonchev–Trinajstić information content (AvgIpc) is 3.54. The number of amides is 1. The van der Waals surface area contributed by atoms with Crippen molar-refractivity contribution in [3.05, 3.63) is 118 Å². The monoisotopic (exact) mass is 676 g/mol. The van der Waals surface area contributed by atoms with Crippen LogP contribution in [0.1, 0.15) is 65.9 Å². The molecule has 4 heterocycles. The predicted molar refractivity (Wildman–Crippen MR) is 186 cm³/mol. The summed E-state index contributed by atoms with van der Waals surface area (Å²) in [6, 6.07) is 26.3. The summed E-state index contributed by atoms with van der Waals surface area (Å²) < 4.78 is 46.5. The van der Waals surface area contributed by atoms with Gasteiger partial charge in [0, 0.05) is 60.2 Å². The number of fused-ring (bicyclic) bond motifs is 6. The lowest BCUT2D eigenvalue weighted by Crippen LogP contribution is -2.49. The Hall–Kier alpha value is -4.87. The number of benzene rings is 4. The second-order valence-corrected chi connectivity index (χ2v) is 14.1. The molecule has 0 radical (unpaired) electrons. The molecule has 50 heavy (non-hydrogen) atoms. The van der Waals surface area contributed by atoms with Crippen LogP contribution >= 0.6 is 0 Å². The van der Waals surface area contributed by atoms with Gasteiger partial charge in [-0.05, 0) is 56.9 Å². The second-order valence-electron chi connectivity index (χ2n) is 14.1. The van der Waals surface area contributed by atoms with Crippen molar-refractivity contribution in [2.45, 2.75) is 57.8 Å². The van der Waals surface area contributed by atoms with Gasteiger partial charge >= 0.3 is 19.2 Å². The van der Waals surface area contributed by atoms with E-state index in [2.05, 4.69) is 4.90 Å². The van der Waals surface area contributed by atoms with Crippen molar-refractivity contribution in [3.8, 4) is 11.5 Å². The minimum absolute atomic E-state index is 0.218. The molecule has 256 valence electrons. The van der Waals surface area contributed by atoms with Gasteiger partial charge in [-0.2, -0.15) is 0 Å². The number of piperazine rings is 1. The van der Waals surface area contributed by atoms with E-state index in [0.717, 1.165) is 11.3 Å². The van der Waals surface area contributed by atoms with E-state index < -0.39 is 36.6 Å². The summed E-state index contributed by atoms with van der Waals surface area (Å²) in [6.07, 6.45) is -0.348. The second kappa shape index (κ2) is 11.9. The van der Waals surface area contributed by atoms with Gasteiger partial charge in [0.1, 0.15) is 24.8 Å². The zero-order chi connectivity index (χ0) is 34.8. The van der Waals surface area contributed by atoms with Gasteiger partial charge in [-0.1, -0.05) is 60.7 Å². The molecule has 2 fully saturated rings. The number of carbonyl (C=O) groups is 2. The third-order valence-corrected chi connectivity index (χ3v) is 10.8. The molecule has 1 spiro atoms. The van der Waals surface area contributed by atoms with Gasteiger partial charge in [0.25, 0.3) is 0 Å². The molecule has 1 amide bonds. The quantitative estimate of drug-likeness (QED) is 0.176. The maximum atomic E-state index is 15.3. The van der Waals surface area contributed by atoms with E-state index in [4.69, 9.17) is 23.5 Å². The topological polar surface area (TPSA) is 86.8 Å². The first kappa shape index (κ1) is 32.3. The van der Waals surface area contributed by atoms with Crippen LogP contribution in [-0.2, 0) is 37.7 Å². The molecule has 0 aromatic heterocycles. The molecule has 2 saturated heterocycles. The molecule has 1 atom stereocenters. The normalized spacial score (nSPS) is 21.3. The van der Waals surface area contributed by atoms with Crippen molar-refractivity contribution >= 4 is 30.3 Å². The van der Waals surface area contributed by atoms with E-state index in [1.165, 1.54) is 0 Å². The lowest BCUT2D eigenvalue weighted by molar-refractivity contribution is 0.00578. The zero-order valence-electron chi connectivity index (χ0n) is 28.5. The van der Waals surface area contributed by atoms with E-state index in [1.54, 1.807) is 23.1 Å². The van der Waals surface area contributed by atoms with Crippen LogP contribution in [0.4, 0.5) is 14.9 Å². The number of nitrogens with zero attached hydrogens (tertiary/aromatic N) is 2. The summed E-state index contributed by atoms with van der Waals surface area (Å²) in [7, 11) is -0.822. The Balaban J connectivity index is 1.13. The zero-order valence-corrected chi connectivity index (χ0v) is 28.5. The largest absolute Gasteiger partial charge is 0.495 e. The predicted octanol–water partition coefficient (Wildman–Crippen LogP) is 6.48. The Labute approximate surface area is 291 Å². The fraction of sp³-hybridized carbons (Fsp3) is 0.333. The number of esters is 1. The minimum Gasteiger partial charge on any atom is -0.456 e. The fourth-order valence-electron chi connectivity index (χ4n) is 7.28. The van der Waals surface area contributed by atoms with Gasteiger partial charge in [-0.25, -0.2) is 14.0 Å². The molecule has 1 unspecified atom stereocenters. The van der Waals surface area contributed by atoms with Crippen LogP contribution in [0.2, 0.25) is 0 Å². The molecule has 4 aliphatic rings. The highest BCUT2D eigenvalue weighted by atomic mass is 19.1. The van der Waals surface area contributed by atoms with Crippen molar-refractivity contribution in [1.29, 1.82) is 0 Å². The molecular formula is C39H38BFN2O7. The van der Waals surface area contributed by atoms with Crippen molar-refractivity contribution in [2.75, 3.05) is 31.1 Å². The summed E-state index contributed by atoms with van der Waals surface area (Å²) in [5.74, 6) is 0.264. The number of rotatable bonds is 5. The lowest BCUT2D eigenvalue weighted by atomic mass is 9.71. The molecule has 0 saturated carbocycles. The Morgan fingerprint density at radius 1 is 0.840 bits per heavy atom. The number of alkyl halides is 1. The van der Waals surface area contributed by atoms with Crippen LogP contribution in [0.15, 0.2) is 84.9 Å². The SMILES string of the molecule is CC1(C)OB(c2ccc3c(c2CF)Oc2cc(N4CCN(C(=O)OCc5ccccc5)CC4)ccc2C32OC(=O)c3ccccc32)OC1(C)C. The summed E-state index contributed by atoms with van der Waals surface area (Å²) in [4.78, 5) is 30.1. The van der Waals surface area contributed by atoms with Gasteiger partial charge < -0.3 is 33.3 Å². The number of ether oxygens (including phenoxy) is 3. The van der Waals surface area contributed by atoms with Crippen LogP contribution in [0, 0.1) is 0 Å². The summed E-state index contributed by atoms with van der Waals surface area (Å²) >= 11 is 0. The standard InChI is InChI=1S/C39H38BFN2O7/c1-37(2)38(3,4)50-40(49-37)32-17-16-31-34(28(32)23-41)47-33-22-26(14-15-30(33)39(31)29-13-9-8-12-27(29)35(44)48-39)42-18-20-43(21-19-42)36(45)46-24-25-10-6-5-7-11-25/h5-17,22H,18-21,23-24H2,1-4H3. The third kappa shape index (κ3) is 5.05. The van der Waals surface area contributed by atoms with Crippen LogP contribution in [0.25, 0.3) is 0 Å². The first-order valence-corrected chi connectivity index (χ1v) is 17.0. The summed E-state index contributed by atoms with van der Waals surface area (Å²) in [5, 5.41) is 0. The third-order valence-electron chi connectivity index (χ3n) is 10.8. The Morgan fingerprint density at radius 3 is 2.24 bits per heavy atom.